The highest BCUT2D eigenvalue weighted by molar-refractivity contribution is 7.85. The molecule has 6 rings (SSSR count). The third kappa shape index (κ3) is 4.72. The van der Waals surface area contributed by atoms with Gasteiger partial charge in [0.25, 0.3) is 10.1 Å². The molecule has 0 aliphatic carbocycles. The summed E-state index contributed by atoms with van der Waals surface area (Å²) in [6.45, 7) is 0.600. The van der Waals surface area contributed by atoms with E-state index in [1.165, 1.54) is 0 Å². The Hall–Kier alpha value is -2.27. The number of carbonyl (C=O) groups excluding carboxylic acids is 2. The summed E-state index contributed by atoms with van der Waals surface area (Å²) < 4.78 is 31.7. The fourth-order valence-corrected chi connectivity index (χ4v) is 4.87. The molecule has 1 aromatic heterocycles. The van der Waals surface area contributed by atoms with Crippen molar-refractivity contribution in [1.29, 1.82) is 0 Å². The largest absolute Gasteiger partial charge is 0.459 e. The lowest BCUT2D eigenvalue weighted by molar-refractivity contribution is -0.145. The molecule has 4 saturated heterocycles. The number of esters is 1. The number of para-hydroxylation sites is 1. The number of H-pyrrole nitrogens is 1. The van der Waals surface area contributed by atoms with Gasteiger partial charge in [0.05, 0.1) is 18.4 Å². The summed E-state index contributed by atoms with van der Waals surface area (Å²) >= 11 is 0. The van der Waals surface area contributed by atoms with Crippen LogP contribution in [0.15, 0.2) is 30.5 Å². The number of rotatable bonds is 2. The first kappa shape index (κ1) is 22.4. The molecule has 5 heterocycles. The predicted molar refractivity (Wildman–Crippen MR) is 110 cm³/mol. The second-order valence-corrected chi connectivity index (χ2v) is 9.56. The first-order chi connectivity index (χ1) is 13.7. The molecule has 0 saturated carbocycles. The first-order valence-corrected chi connectivity index (χ1v) is 11.5. The van der Waals surface area contributed by atoms with Crippen molar-refractivity contribution in [2.75, 3.05) is 12.8 Å². The Morgan fingerprint density at radius 1 is 1.17 bits per heavy atom. The molecule has 2 aromatic rings. The van der Waals surface area contributed by atoms with E-state index in [0.29, 0.717) is 36.2 Å². The Morgan fingerprint density at radius 3 is 2.37 bits per heavy atom. The number of nitrogens with zero attached hydrogens (tertiary/aromatic N) is 1. The molecule has 4 bridgehead atoms. The molecule has 4 aliphatic rings. The van der Waals surface area contributed by atoms with Gasteiger partial charge in [0.1, 0.15) is 11.9 Å². The van der Waals surface area contributed by atoms with Crippen LogP contribution in [-0.2, 0) is 19.6 Å². The number of ketones is 1. The zero-order chi connectivity index (χ0) is 20.8. The van der Waals surface area contributed by atoms with Crippen molar-refractivity contribution in [1.82, 2.24) is 9.88 Å². The minimum Gasteiger partial charge on any atom is -0.459 e. The number of fused-ring (bicyclic) bond motifs is 2. The second kappa shape index (κ2) is 8.46. The summed E-state index contributed by atoms with van der Waals surface area (Å²) in [6.07, 6.45) is 6.01. The Kier molecular flexibility index (Phi) is 6.32. The molecule has 0 amide bonds. The quantitative estimate of drug-likeness (QED) is 0.528. The summed E-state index contributed by atoms with van der Waals surface area (Å²) in [5.41, 5.74) is 1.56. The van der Waals surface area contributed by atoms with Gasteiger partial charge in [0.15, 0.2) is 0 Å². The van der Waals surface area contributed by atoms with Crippen molar-refractivity contribution < 1.29 is 32.8 Å². The summed E-state index contributed by atoms with van der Waals surface area (Å²) in [5, 5.41) is 0.909. The molecule has 0 spiro atoms. The molecule has 5 atom stereocenters. The average molecular weight is 439 g/mol. The van der Waals surface area contributed by atoms with Crippen molar-refractivity contribution >= 4 is 32.8 Å². The number of nitrogens with one attached hydrogen (secondary N) is 1. The number of benzene rings is 1. The van der Waals surface area contributed by atoms with Gasteiger partial charge in [-0.15, -0.1) is 0 Å². The lowest BCUT2D eigenvalue weighted by Crippen LogP contribution is -2.63. The maximum absolute atomic E-state index is 12.6. The van der Waals surface area contributed by atoms with Crippen LogP contribution in [0.3, 0.4) is 0 Å². The number of hydrogen-bond donors (Lipinski definition) is 2. The minimum absolute atomic E-state index is 0. The van der Waals surface area contributed by atoms with Gasteiger partial charge in [-0.2, -0.15) is 8.42 Å². The highest BCUT2D eigenvalue weighted by atomic mass is 32.2. The van der Waals surface area contributed by atoms with Crippen molar-refractivity contribution in [2.24, 2.45) is 5.92 Å². The SMILES string of the molecule is CS(=O)(=O)O.O.O=C(O[C@H]1CC2C[C@@H]3C[C@@H](C1)N2CC3=O)c1c[nH]c2ccccc12. The highest BCUT2D eigenvalue weighted by Gasteiger charge is 2.49. The van der Waals surface area contributed by atoms with Crippen LogP contribution in [0, 0.1) is 5.92 Å². The maximum atomic E-state index is 12.6. The van der Waals surface area contributed by atoms with Crippen LogP contribution in [0.2, 0.25) is 0 Å². The van der Waals surface area contributed by atoms with Crippen LogP contribution in [0.1, 0.15) is 36.0 Å². The van der Waals surface area contributed by atoms with E-state index < -0.39 is 10.1 Å². The number of aromatic nitrogens is 1. The van der Waals surface area contributed by atoms with E-state index in [2.05, 4.69) is 9.88 Å². The zero-order valence-electron chi connectivity index (χ0n) is 16.6. The normalized spacial score (nSPS) is 29.5. The third-order valence-electron chi connectivity index (χ3n) is 6.00. The molecular formula is C20H26N2O7S. The maximum Gasteiger partial charge on any atom is 0.340 e. The number of piperidine rings is 4. The molecule has 164 valence electrons. The minimum atomic E-state index is -3.67. The molecule has 2 unspecified atom stereocenters. The van der Waals surface area contributed by atoms with Crippen molar-refractivity contribution in [3.63, 3.8) is 0 Å². The highest BCUT2D eigenvalue weighted by Crippen LogP contribution is 2.42. The van der Waals surface area contributed by atoms with Crippen molar-refractivity contribution in [3.05, 3.63) is 36.0 Å². The van der Waals surface area contributed by atoms with Crippen LogP contribution in [-0.4, -0.2) is 71.1 Å². The molecule has 9 nitrogen and oxygen atoms in total. The van der Waals surface area contributed by atoms with Gasteiger partial charge >= 0.3 is 5.97 Å². The molecule has 4 N–H and O–H groups in total. The van der Waals surface area contributed by atoms with E-state index in [1.54, 1.807) is 6.20 Å². The summed E-state index contributed by atoms with van der Waals surface area (Å²) in [5.74, 6) is 0.403. The Balaban J connectivity index is 0.000000386. The van der Waals surface area contributed by atoms with Crippen LogP contribution in [0.4, 0.5) is 0 Å². The van der Waals surface area contributed by atoms with E-state index in [4.69, 9.17) is 9.29 Å². The monoisotopic (exact) mass is 438 g/mol. The molecule has 4 fully saturated rings. The summed E-state index contributed by atoms with van der Waals surface area (Å²) in [7, 11) is -3.67. The number of hydrogen-bond acceptors (Lipinski definition) is 6. The van der Waals surface area contributed by atoms with Crippen LogP contribution < -0.4 is 0 Å². The number of carbonyl (C=O) groups is 2. The molecule has 1 aromatic carbocycles. The predicted octanol–water partition coefficient (Wildman–Crippen LogP) is 1.20. The summed E-state index contributed by atoms with van der Waals surface area (Å²) in [4.78, 5) is 30.0. The third-order valence-corrected chi connectivity index (χ3v) is 6.00. The van der Waals surface area contributed by atoms with Gasteiger partial charge in [-0.1, -0.05) is 18.2 Å². The lowest BCUT2D eigenvalue weighted by atomic mass is 9.72. The van der Waals surface area contributed by atoms with Gasteiger partial charge in [-0.05, 0) is 18.9 Å². The Labute approximate surface area is 174 Å². The van der Waals surface area contributed by atoms with Crippen molar-refractivity contribution in [3.8, 4) is 0 Å². The van der Waals surface area contributed by atoms with E-state index in [0.717, 1.165) is 36.6 Å². The fourth-order valence-electron chi connectivity index (χ4n) is 4.87. The van der Waals surface area contributed by atoms with Gasteiger partial charge in [-0.3, -0.25) is 14.2 Å². The van der Waals surface area contributed by atoms with Gasteiger partial charge < -0.3 is 15.2 Å². The van der Waals surface area contributed by atoms with Gasteiger partial charge in [-0.25, -0.2) is 4.79 Å². The van der Waals surface area contributed by atoms with Crippen molar-refractivity contribution in [2.45, 2.75) is 43.9 Å². The molecule has 4 aliphatic heterocycles. The van der Waals surface area contributed by atoms with Gasteiger partial charge in [0.2, 0.25) is 0 Å². The molecule has 10 heteroatoms. The molecule has 30 heavy (non-hydrogen) atoms. The van der Waals surface area contributed by atoms with Crippen LogP contribution >= 0.6 is 0 Å². The molecule has 0 radical (unpaired) electrons. The molecular weight excluding hydrogens is 412 g/mol. The van der Waals surface area contributed by atoms with E-state index >= 15 is 0 Å². The van der Waals surface area contributed by atoms with Crippen LogP contribution in [0.5, 0.6) is 0 Å². The first-order valence-electron chi connectivity index (χ1n) is 9.67. The second-order valence-electron chi connectivity index (χ2n) is 8.09. The zero-order valence-corrected chi connectivity index (χ0v) is 17.4. The fraction of sp³-hybridized carbons (Fsp3) is 0.500. The number of aromatic amines is 1. The number of Topliss-reactive ketones (excluding diaryl/α,β-unsaturated/α-hetero) is 1. The van der Waals surface area contributed by atoms with E-state index in [1.807, 2.05) is 24.3 Å². The smallest absolute Gasteiger partial charge is 0.340 e. The topological polar surface area (TPSA) is 148 Å². The van der Waals surface area contributed by atoms with E-state index in [-0.39, 0.29) is 23.5 Å². The lowest BCUT2D eigenvalue weighted by Gasteiger charge is -2.54. The Morgan fingerprint density at radius 2 is 1.77 bits per heavy atom. The van der Waals surface area contributed by atoms with Crippen LogP contribution in [0.25, 0.3) is 10.9 Å². The Bertz CT molecular complexity index is 1020. The number of ether oxygens (including phenoxy) is 1. The standard InChI is InChI=1S/C19H20N2O3.CH4O3S.H2O/c22-18-10-21-12-5-11(18)6-13(21)8-14(7-12)24-19(23)16-9-20-17-4-2-1-3-15(16)17;1-5(2,3)4;/h1-4,9,11-14,20H,5-8,10H2;1H3,(H,2,3,4);1H2/t11-,12-,13?,14+;;/m0../s1. The van der Waals surface area contributed by atoms with E-state index in [9.17, 15) is 18.0 Å². The average Bonchev–Trinajstić information content (AvgIpc) is 3.04. The van der Waals surface area contributed by atoms with Gasteiger partial charge in [0, 0.05) is 47.9 Å². The summed E-state index contributed by atoms with van der Waals surface area (Å²) in [6, 6.07) is 8.58.